The summed E-state index contributed by atoms with van der Waals surface area (Å²) in [6.45, 7) is 0. The second-order valence-corrected chi connectivity index (χ2v) is 8.84. The summed E-state index contributed by atoms with van der Waals surface area (Å²) in [5.41, 5.74) is 3.38. The van der Waals surface area contributed by atoms with Crippen LogP contribution in [0.4, 0.5) is 5.69 Å². The molecular weight excluding hydrogens is 464 g/mol. The van der Waals surface area contributed by atoms with E-state index >= 15 is 0 Å². The smallest absolute Gasteiger partial charge is 0.263 e. The van der Waals surface area contributed by atoms with E-state index in [0.717, 1.165) is 16.3 Å². The van der Waals surface area contributed by atoms with Crippen LogP contribution in [0.2, 0.25) is 0 Å². The minimum atomic E-state index is -0.381. The predicted octanol–water partition coefficient (Wildman–Crippen LogP) is 4.26. The molecule has 0 bridgehead atoms. The predicted molar refractivity (Wildman–Crippen MR) is 132 cm³/mol. The number of nitrogens with one attached hydrogen (secondary N) is 2. The highest BCUT2D eigenvalue weighted by molar-refractivity contribution is 7.10. The van der Waals surface area contributed by atoms with Gasteiger partial charge in [-0.15, -0.1) is 21.5 Å². The lowest BCUT2D eigenvalue weighted by Gasteiger charge is -2.22. The number of ether oxygens (including phenoxy) is 2. The van der Waals surface area contributed by atoms with Crippen LogP contribution in [0.15, 0.2) is 41.8 Å². The van der Waals surface area contributed by atoms with Crippen molar-refractivity contribution in [3.8, 4) is 34.7 Å². The molecule has 2 aromatic carbocycles. The number of aromatic nitrogens is 5. The van der Waals surface area contributed by atoms with E-state index in [4.69, 9.17) is 9.47 Å². The maximum Gasteiger partial charge on any atom is 0.263 e. The monoisotopic (exact) mass is 486 g/mol. The highest BCUT2D eigenvalue weighted by Gasteiger charge is 2.23. The molecule has 0 radical (unpaired) electrons. The number of tetrazole rings is 1. The quantitative estimate of drug-likeness (QED) is 0.391. The van der Waals surface area contributed by atoms with E-state index in [-0.39, 0.29) is 11.5 Å². The van der Waals surface area contributed by atoms with Gasteiger partial charge in [-0.1, -0.05) is 18.4 Å². The molecular formula is C25H22N6O3S. The molecule has 9 nitrogen and oxygen atoms in total. The lowest BCUT2D eigenvalue weighted by Crippen LogP contribution is -2.15. The summed E-state index contributed by atoms with van der Waals surface area (Å²) in [5.74, 6) is 7.50. The van der Waals surface area contributed by atoms with Gasteiger partial charge in [0.15, 0.2) is 5.01 Å². The molecule has 1 amide bonds. The number of hydrogen-bond donors (Lipinski definition) is 2. The number of hydrogen-bond acceptors (Lipinski definition) is 8. The number of nitrogens with zero attached hydrogens (tertiary/aromatic N) is 4. The van der Waals surface area contributed by atoms with Gasteiger partial charge in [-0.2, -0.15) is 5.21 Å². The number of amides is 1. The van der Waals surface area contributed by atoms with Gasteiger partial charge in [0, 0.05) is 28.1 Å². The maximum atomic E-state index is 13.2. The van der Waals surface area contributed by atoms with Gasteiger partial charge in [0.1, 0.15) is 17.1 Å². The average Bonchev–Trinajstić information content (AvgIpc) is 3.54. The SMILES string of the molecule is COc1cc(-c2nn[nH]n2)cc(OC)c1C(=O)Nc1cccc(C#Cc2nc(C3CCC3)cs2)c1. The molecule has 35 heavy (non-hydrogen) atoms. The second-order valence-electron chi connectivity index (χ2n) is 7.98. The van der Waals surface area contributed by atoms with Gasteiger partial charge in [0.05, 0.1) is 19.9 Å². The molecule has 10 heteroatoms. The number of aromatic amines is 1. The Morgan fingerprint density at radius 3 is 2.60 bits per heavy atom. The summed E-state index contributed by atoms with van der Waals surface area (Å²) >= 11 is 1.57. The number of rotatable bonds is 6. The van der Waals surface area contributed by atoms with Crippen LogP contribution in [0.5, 0.6) is 11.5 Å². The van der Waals surface area contributed by atoms with E-state index < -0.39 is 0 Å². The third-order valence-corrected chi connectivity index (χ3v) is 6.59. The van der Waals surface area contributed by atoms with Crippen molar-refractivity contribution >= 4 is 22.9 Å². The molecule has 2 aromatic heterocycles. The number of anilines is 1. The van der Waals surface area contributed by atoms with Crippen LogP contribution in [0.25, 0.3) is 11.4 Å². The van der Waals surface area contributed by atoms with Crippen LogP contribution in [-0.4, -0.2) is 45.7 Å². The third-order valence-electron chi connectivity index (χ3n) is 5.82. The van der Waals surface area contributed by atoms with Crippen molar-refractivity contribution in [1.29, 1.82) is 0 Å². The molecule has 0 spiro atoms. The Kier molecular flexibility index (Phi) is 6.41. The van der Waals surface area contributed by atoms with Crippen LogP contribution in [-0.2, 0) is 0 Å². The first-order chi connectivity index (χ1) is 17.1. The lowest BCUT2D eigenvalue weighted by atomic mass is 9.83. The van der Waals surface area contributed by atoms with Crippen molar-refractivity contribution in [2.45, 2.75) is 25.2 Å². The van der Waals surface area contributed by atoms with Crippen LogP contribution < -0.4 is 14.8 Å². The summed E-state index contributed by atoms with van der Waals surface area (Å²) in [5, 5.41) is 19.7. The van der Waals surface area contributed by atoms with Gasteiger partial charge >= 0.3 is 0 Å². The Labute approximate surface area is 205 Å². The molecule has 2 N–H and O–H groups in total. The number of thiazole rings is 1. The summed E-state index contributed by atoms with van der Waals surface area (Å²) in [6.07, 6.45) is 3.71. The molecule has 0 unspecified atom stereocenters. The van der Waals surface area contributed by atoms with Crippen molar-refractivity contribution in [2.24, 2.45) is 0 Å². The number of carbonyl (C=O) groups excluding carboxylic acids is 1. The van der Waals surface area contributed by atoms with Crippen molar-refractivity contribution in [3.63, 3.8) is 0 Å². The lowest BCUT2D eigenvalue weighted by molar-refractivity contribution is 0.102. The minimum absolute atomic E-state index is 0.255. The van der Waals surface area contributed by atoms with Crippen LogP contribution in [0.3, 0.4) is 0 Å². The summed E-state index contributed by atoms with van der Waals surface area (Å²) in [4.78, 5) is 17.9. The van der Waals surface area contributed by atoms with E-state index in [1.165, 1.54) is 33.5 Å². The third kappa shape index (κ3) is 4.85. The summed E-state index contributed by atoms with van der Waals surface area (Å²) in [6, 6.07) is 10.7. The first-order valence-corrected chi connectivity index (χ1v) is 11.9. The van der Waals surface area contributed by atoms with E-state index in [0.29, 0.717) is 34.5 Å². The number of benzene rings is 2. The largest absolute Gasteiger partial charge is 0.496 e. The van der Waals surface area contributed by atoms with Gasteiger partial charge in [-0.05, 0) is 54.3 Å². The standard InChI is InChI=1S/C25H22N6O3S/c1-33-20-12-17(24-28-30-31-29-24)13-21(34-2)23(20)25(32)26-18-8-3-5-15(11-18)9-10-22-27-19(14-35-22)16-6-4-7-16/h3,5,8,11-14,16H,4,6-7H2,1-2H3,(H,26,32)(H,28,29,30,31). The molecule has 0 atom stereocenters. The molecule has 4 aromatic rings. The van der Waals surface area contributed by atoms with Gasteiger partial charge in [0.2, 0.25) is 5.82 Å². The average molecular weight is 487 g/mol. The second kappa shape index (κ2) is 9.95. The zero-order chi connectivity index (χ0) is 24.2. The first-order valence-electron chi connectivity index (χ1n) is 11.0. The van der Waals surface area contributed by atoms with E-state index in [2.05, 4.69) is 48.1 Å². The van der Waals surface area contributed by atoms with Gasteiger partial charge in [-0.3, -0.25) is 4.79 Å². The molecule has 2 heterocycles. The molecule has 5 rings (SSSR count). The van der Waals surface area contributed by atoms with E-state index in [9.17, 15) is 4.79 Å². The fraction of sp³-hybridized carbons (Fsp3) is 0.240. The fourth-order valence-electron chi connectivity index (χ4n) is 3.78. The highest BCUT2D eigenvalue weighted by atomic mass is 32.1. The first kappa shape index (κ1) is 22.6. The molecule has 0 saturated heterocycles. The zero-order valence-corrected chi connectivity index (χ0v) is 20.0. The number of carbonyl (C=O) groups is 1. The van der Waals surface area contributed by atoms with E-state index in [1.54, 1.807) is 29.5 Å². The Morgan fingerprint density at radius 1 is 1.14 bits per heavy atom. The molecule has 0 aliphatic heterocycles. The van der Waals surface area contributed by atoms with Crippen LogP contribution in [0, 0.1) is 11.8 Å². The number of H-pyrrole nitrogens is 1. The summed E-state index contributed by atoms with van der Waals surface area (Å²) < 4.78 is 10.9. The van der Waals surface area contributed by atoms with Crippen LogP contribution in [0.1, 0.15) is 51.8 Å². The Hall–Kier alpha value is -4.23. The number of methoxy groups -OCH3 is 2. The Morgan fingerprint density at radius 2 is 1.94 bits per heavy atom. The normalized spacial score (nSPS) is 12.9. The molecule has 1 aliphatic rings. The van der Waals surface area contributed by atoms with E-state index in [1.807, 2.05) is 18.2 Å². The molecule has 176 valence electrons. The minimum Gasteiger partial charge on any atom is -0.496 e. The fourth-order valence-corrected chi connectivity index (χ4v) is 4.52. The van der Waals surface area contributed by atoms with Crippen molar-refractivity contribution < 1.29 is 14.3 Å². The highest BCUT2D eigenvalue weighted by Crippen LogP contribution is 2.36. The maximum absolute atomic E-state index is 13.2. The van der Waals surface area contributed by atoms with Crippen molar-refractivity contribution in [1.82, 2.24) is 25.6 Å². The summed E-state index contributed by atoms with van der Waals surface area (Å²) in [7, 11) is 2.97. The van der Waals surface area contributed by atoms with Crippen molar-refractivity contribution in [2.75, 3.05) is 19.5 Å². The van der Waals surface area contributed by atoms with Gasteiger partial charge in [0.25, 0.3) is 5.91 Å². The molecule has 1 fully saturated rings. The van der Waals surface area contributed by atoms with Crippen LogP contribution >= 0.6 is 11.3 Å². The topological polar surface area (TPSA) is 115 Å². The van der Waals surface area contributed by atoms with Gasteiger partial charge < -0.3 is 14.8 Å². The van der Waals surface area contributed by atoms with Gasteiger partial charge in [-0.25, -0.2) is 4.98 Å². The Bertz CT molecular complexity index is 1390. The van der Waals surface area contributed by atoms with Crippen molar-refractivity contribution in [3.05, 3.63) is 63.6 Å². The molecule has 1 aliphatic carbocycles. The molecule has 1 saturated carbocycles. The zero-order valence-electron chi connectivity index (χ0n) is 19.2. The Balaban J connectivity index is 1.36.